The predicted molar refractivity (Wildman–Crippen MR) is 92.3 cm³/mol. The van der Waals surface area contributed by atoms with E-state index in [1.165, 1.54) is 5.56 Å². The number of rotatable bonds is 5. The topological polar surface area (TPSA) is 41.1 Å². The molecule has 22 heavy (non-hydrogen) atoms. The van der Waals surface area contributed by atoms with E-state index >= 15 is 0 Å². The van der Waals surface area contributed by atoms with E-state index in [2.05, 4.69) is 10.6 Å². The van der Waals surface area contributed by atoms with E-state index < -0.39 is 0 Å². The second kappa shape index (κ2) is 7.43. The molecule has 0 radical (unpaired) electrons. The second-order valence-electron chi connectivity index (χ2n) is 5.52. The molecular weight excluding hydrogens is 296 g/mol. The predicted octanol–water partition coefficient (Wildman–Crippen LogP) is 4.33. The first-order valence-corrected chi connectivity index (χ1v) is 7.72. The van der Waals surface area contributed by atoms with Gasteiger partial charge < -0.3 is 5.32 Å². The molecule has 2 aromatic carbocycles. The van der Waals surface area contributed by atoms with Crippen LogP contribution in [0.4, 0.5) is 5.69 Å². The average Bonchev–Trinajstić information content (AvgIpc) is 2.49. The zero-order valence-electron chi connectivity index (χ0n) is 13.1. The number of hydrogen-bond acceptors (Lipinski definition) is 2. The molecule has 0 saturated carbocycles. The van der Waals surface area contributed by atoms with Crippen LogP contribution >= 0.6 is 11.6 Å². The summed E-state index contributed by atoms with van der Waals surface area (Å²) in [5, 5.41) is 6.89. The van der Waals surface area contributed by atoms with E-state index in [1.54, 1.807) is 0 Å². The molecule has 1 amide bonds. The van der Waals surface area contributed by atoms with Crippen molar-refractivity contribution in [2.45, 2.75) is 32.9 Å². The van der Waals surface area contributed by atoms with Crippen LogP contribution in [0.25, 0.3) is 0 Å². The SMILES string of the molecule is Cc1ccc(NC(=O)[C@@H](C)N[C@H](C)c2cccc(Cl)c2)cc1. The normalized spacial score (nSPS) is 13.5. The number of anilines is 1. The molecule has 2 N–H and O–H groups in total. The van der Waals surface area contributed by atoms with Crippen molar-refractivity contribution in [2.75, 3.05) is 5.32 Å². The van der Waals surface area contributed by atoms with E-state index in [0.29, 0.717) is 5.02 Å². The lowest BCUT2D eigenvalue weighted by atomic mass is 10.1. The Morgan fingerprint density at radius 2 is 1.77 bits per heavy atom. The summed E-state index contributed by atoms with van der Waals surface area (Å²) in [5.74, 6) is -0.0577. The maximum absolute atomic E-state index is 12.2. The minimum absolute atomic E-state index is 0.0393. The van der Waals surface area contributed by atoms with Crippen LogP contribution in [0.2, 0.25) is 5.02 Å². The van der Waals surface area contributed by atoms with Gasteiger partial charge in [0.1, 0.15) is 0 Å². The fourth-order valence-electron chi connectivity index (χ4n) is 2.21. The molecule has 2 rings (SSSR count). The molecule has 0 aromatic heterocycles. The highest BCUT2D eigenvalue weighted by Crippen LogP contribution is 2.18. The maximum Gasteiger partial charge on any atom is 0.241 e. The summed E-state index contributed by atoms with van der Waals surface area (Å²) in [6.07, 6.45) is 0. The third-order valence-electron chi connectivity index (χ3n) is 3.56. The molecule has 0 aliphatic carbocycles. The molecule has 0 aliphatic heterocycles. The summed E-state index contributed by atoms with van der Waals surface area (Å²) in [6.45, 7) is 5.88. The number of amides is 1. The van der Waals surface area contributed by atoms with Crippen LogP contribution in [0.5, 0.6) is 0 Å². The molecule has 0 fully saturated rings. The third kappa shape index (κ3) is 4.58. The number of hydrogen-bond donors (Lipinski definition) is 2. The highest BCUT2D eigenvalue weighted by molar-refractivity contribution is 6.30. The molecule has 0 saturated heterocycles. The van der Waals surface area contributed by atoms with Gasteiger partial charge in [-0.2, -0.15) is 0 Å². The molecule has 3 nitrogen and oxygen atoms in total. The van der Waals surface area contributed by atoms with E-state index in [0.717, 1.165) is 11.3 Å². The number of nitrogens with one attached hydrogen (secondary N) is 2. The molecule has 4 heteroatoms. The Bertz CT molecular complexity index is 640. The van der Waals surface area contributed by atoms with Crippen molar-refractivity contribution in [2.24, 2.45) is 0 Å². The van der Waals surface area contributed by atoms with Gasteiger partial charge in [0.15, 0.2) is 0 Å². The first-order chi connectivity index (χ1) is 10.5. The Morgan fingerprint density at radius 3 is 2.41 bits per heavy atom. The summed E-state index contributed by atoms with van der Waals surface area (Å²) < 4.78 is 0. The highest BCUT2D eigenvalue weighted by atomic mass is 35.5. The molecule has 0 aliphatic rings. The van der Waals surface area contributed by atoms with Crippen LogP contribution in [0.15, 0.2) is 48.5 Å². The molecule has 0 bridgehead atoms. The fraction of sp³-hybridized carbons (Fsp3) is 0.278. The average molecular weight is 317 g/mol. The summed E-state index contributed by atoms with van der Waals surface area (Å²) in [6, 6.07) is 15.1. The first kappa shape index (κ1) is 16.5. The van der Waals surface area contributed by atoms with Crippen molar-refractivity contribution < 1.29 is 4.79 Å². The lowest BCUT2D eigenvalue weighted by Crippen LogP contribution is -2.39. The zero-order valence-corrected chi connectivity index (χ0v) is 13.8. The van der Waals surface area contributed by atoms with Crippen molar-refractivity contribution in [3.8, 4) is 0 Å². The lowest BCUT2D eigenvalue weighted by Gasteiger charge is -2.20. The van der Waals surface area contributed by atoms with Gasteiger partial charge in [-0.25, -0.2) is 0 Å². The molecule has 2 aromatic rings. The Hall–Kier alpha value is -1.84. The van der Waals surface area contributed by atoms with E-state index in [4.69, 9.17) is 11.6 Å². The Morgan fingerprint density at radius 1 is 1.09 bits per heavy atom. The van der Waals surface area contributed by atoms with Gasteiger partial charge in [-0.3, -0.25) is 10.1 Å². The van der Waals surface area contributed by atoms with Crippen LogP contribution in [0.3, 0.4) is 0 Å². The van der Waals surface area contributed by atoms with Crippen molar-refractivity contribution in [3.05, 3.63) is 64.7 Å². The standard InChI is InChI=1S/C18H21ClN2O/c1-12-7-9-17(10-8-12)21-18(22)14(3)20-13(2)15-5-4-6-16(19)11-15/h4-11,13-14,20H,1-3H3,(H,21,22)/t13-,14-/m1/s1. The number of carbonyl (C=O) groups is 1. The van der Waals surface area contributed by atoms with Crippen molar-refractivity contribution in [3.63, 3.8) is 0 Å². The largest absolute Gasteiger partial charge is 0.325 e. The first-order valence-electron chi connectivity index (χ1n) is 7.35. The van der Waals surface area contributed by atoms with Crippen LogP contribution in [0.1, 0.15) is 31.0 Å². The second-order valence-corrected chi connectivity index (χ2v) is 5.96. The molecular formula is C18H21ClN2O. The number of aryl methyl sites for hydroxylation is 1. The highest BCUT2D eigenvalue weighted by Gasteiger charge is 2.16. The smallest absolute Gasteiger partial charge is 0.241 e. The minimum Gasteiger partial charge on any atom is -0.325 e. The van der Waals surface area contributed by atoms with Gasteiger partial charge in [0.05, 0.1) is 6.04 Å². The van der Waals surface area contributed by atoms with Gasteiger partial charge in [0.2, 0.25) is 5.91 Å². The summed E-state index contributed by atoms with van der Waals surface area (Å²) in [7, 11) is 0. The number of halogens is 1. The lowest BCUT2D eigenvalue weighted by molar-refractivity contribution is -0.117. The van der Waals surface area contributed by atoms with E-state index in [1.807, 2.05) is 69.3 Å². The number of carbonyl (C=O) groups excluding carboxylic acids is 1. The Labute approximate surface area is 136 Å². The monoisotopic (exact) mass is 316 g/mol. The van der Waals surface area contributed by atoms with Crippen LogP contribution < -0.4 is 10.6 Å². The van der Waals surface area contributed by atoms with Crippen LogP contribution in [-0.2, 0) is 4.79 Å². The molecule has 0 unspecified atom stereocenters. The quantitative estimate of drug-likeness (QED) is 0.862. The molecule has 0 spiro atoms. The maximum atomic E-state index is 12.2. The minimum atomic E-state index is -0.310. The van der Waals surface area contributed by atoms with Gasteiger partial charge in [0, 0.05) is 16.8 Å². The van der Waals surface area contributed by atoms with Gasteiger partial charge in [0.25, 0.3) is 0 Å². The van der Waals surface area contributed by atoms with Gasteiger partial charge in [-0.05, 0) is 50.6 Å². The van der Waals surface area contributed by atoms with E-state index in [9.17, 15) is 4.79 Å². The van der Waals surface area contributed by atoms with Crippen molar-refractivity contribution in [1.29, 1.82) is 0 Å². The molecule has 116 valence electrons. The molecule has 0 heterocycles. The fourth-order valence-corrected chi connectivity index (χ4v) is 2.41. The van der Waals surface area contributed by atoms with Crippen LogP contribution in [0, 0.1) is 6.92 Å². The summed E-state index contributed by atoms with van der Waals surface area (Å²) in [4.78, 5) is 12.2. The van der Waals surface area contributed by atoms with Crippen molar-refractivity contribution in [1.82, 2.24) is 5.32 Å². The third-order valence-corrected chi connectivity index (χ3v) is 3.80. The Kier molecular flexibility index (Phi) is 5.58. The van der Waals surface area contributed by atoms with E-state index in [-0.39, 0.29) is 18.0 Å². The summed E-state index contributed by atoms with van der Waals surface area (Å²) >= 11 is 6.00. The summed E-state index contributed by atoms with van der Waals surface area (Å²) in [5.41, 5.74) is 3.03. The van der Waals surface area contributed by atoms with Gasteiger partial charge >= 0.3 is 0 Å². The zero-order chi connectivity index (χ0) is 16.1. The van der Waals surface area contributed by atoms with Gasteiger partial charge in [-0.1, -0.05) is 41.4 Å². The number of benzene rings is 2. The Balaban J connectivity index is 1.94. The van der Waals surface area contributed by atoms with Crippen LogP contribution in [-0.4, -0.2) is 11.9 Å². The molecule has 2 atom stereocenters. The van der Waals surface area contributed by atoms with Crippen molar-refractivity contribution >= 4 is 23.2 Å². The van der Waals surface area contributed by atoms with Gasteiger partial charge in [-0.15, -0.1) is 0 Å².